The number of carbonyl (C=O) groups excluding carboxylic acids is 4. The van der Waals surface area contributed by atoms with Crippen LogP contribution in [0.4, 0.5) is 10.1 Å². The first-order valence-corrected chi connectivity index (χ1v) is 11.5. The number of carbonyl (C=O) groups is 4. The van der Waals surface area contributed by atoms with E-state index in [9.17, 15) is 23.6 Å². The molecule has 9 heteroatoms. The van der Waals surface area contributed by atoms with E-state index in [1.807, 2.05) is 0 Å². The largest absolute Gasteiger partial charge is 0.349 e. The molecule has 2 amide bonds. The van der Waals surface area contributed by atoms with Crippen LogP contribution in [0.3, 0.4) is 0 Å². The fraction of sp³-hybridized carbons (Fsp3) is 0.154. The molecule has 174 valence electrons. The number of amides is 2. The monoisotopic (exact) mass is 509 g/mol. The Morgan fingerprint density at radius 1 is 0.800 bits per heavy atom. The number of hydrogen-bond donors (Lipinski definition) is 0. The summed E-state index contributed by atoms with van der Waals surface area (Å²) >= 11 is 12.1. The van der Waals surface area contributed by atoms with Gasteiger partial charge in [0.2, 0.25) is 29.0 Å². The van der Waals surface area contributed by atoms with Crippen LogP contribution in [0.15, 0.2) is 66.7 Å². The highest BCUT2D eigenvalue weighted by Crippen LogP contribution is 2.57. The van der Waals surface area contributed by atoms with E-state index in [-0.39, 0.29) is 32.4 Å². The first-order valence-electron chi connectivity index (χ1n) is 10.7. The normalized spacial score (nSPS) is 24.4. The lowest BCUT2D eigenvalue weighted by molar-refractivity contribution is -0.127. The minimum absolute atomic E-state index is 0.115. The molecular weight excluding hydrogens is 496 g/mol. The molecule has 0 bridgehead atoms. The van der Waals surface area contributed by atoms with Gasteiger partial charge in [-0.3, -0.25) is 19.2 Å². The number of imide groups is 1. The summed E-state index contributed by atoms with van der Waals surface area (Å²) in [5, 5.41) is 0.346. The second kappa shape index (κ2) is 7.55. The molecule has 35 heavy (non-hydrogen) atoms. The summed E-state index contributed by atoms with van der Waals surface area (Å²) in [5.41, 5.74) is -1.62. The molecule has 0 unspecified atom stereocenters. The van der Waals surface area contributed by atoms with Crippen molar-refractivity contribution in [2.45, 2.75) is 11.7 Å². The van der Waals surface area contributed by atoms with E-state index in [0.717, 1.165) is 11.0 Å². The summed E-state index contributed by atoms with van der Waals surface area (Å²) in [4.78, 5) is 55.8. The Morgan fingerprint density at radius 2 is 1.49 bits per heavy atom. The minimum atomic E-state index is -2.23. The quantitative estimate of drug-likeness (QED) is 0.365. The highest BCUT2D eigenvalue weighted by atomic mass is 35.5. The summed E-state index contributed by atoms with van der Waals surface area (Å²) < 4.78 is 20.2. The number of fused-ring (bicyclic) bond motifs is 3. The number of ether oxygens (including phenoxy) is 1. The van der Waals surface area contributed by atoms with Crippen LogP contribution in [0.5, 0.6) is 0 Å². The average Bonchev–Trinajstić information content (AvgIpc) is 3.41. The predicted octanol–water partition coefficient (Wildman–Crippen LogP) is 4.83. The van der Waals surface area contributed by atoms with Crippen molar-refractivity contribution >= 4 is 52.3 Å². The maximum Gasteiger partial charge on any atom is 0.241 e. The standard InChI is InChI=1S/C26H14Cl2FNO5/c27-17-9-8-14(11-18(17)28)30-24(33)19-20(25(30)34)26(35-21(19)12-4-3-5-13(29)10-12)22(31)15-6-1-2-7-16(15)23(26)32/h1-11,19-21H/t19-,20+,21-/m0/s1. The molecular formula is C26H14Cl2FNO5. The Kier molecular flexibility index (Phi) is 4.77. The smallest absolute Gasteiger partial charge is 0.241 e. The first kappa shape index (κ1) is 22.1. The summed E-state index contributed by atoms with van der Waals surface area (Å²) in [6.07, 6.45) is -1.21. The van der Waals surface area contributed by atoms with E-state index in [2.05, 4.69) is 0 Å². The molecule has 2 saturated heterocycles. The zero-order chi connectivity index (χ0) is 24.6. The molecule has 0 radical (unpaired) electrons. The fourth-order valence-electron chi connectivity index (χ4n) is 5.38. The van der Waals surface area contributed by atoms with Crippen LogP contribution in [-0.4, -0.2) is 29.0 Å². The molecule has 0 N–H and O–H groups in total. The van der Waals surface area contributed by atoms with Crippen molar-refractivity contribution < 1.29 is 28.3 Å². The van der Waals surface area contributed by atoms with Crippen LogP contribution >= 0.6 is 23.2 Å². The molecule has 6 rings (SSSR count). The number of benzene rings is 3. The predicted molar refractivity (Wildman–Crippen MR) is 124 cm³/mol. The molecule has 1 spiro atoms. The van der Waals surface area contributed by atoms with Crippen molar-refractivity contribution in [1.82, 2.24) is 0 Å². The van der Waals surface area contributed by atoms with Crippen molar-refractivity contribution in [2.24, 2.45) is 11.8 Å². The molecule has 0 aromatic heterocycles. The van der Waals surface area contributed by atoms with Gasteiger partial charge in [-0.2, -0.15) is 0 Å². The van der Waals surface area contributed by atoms with Crippen LogP contribution in [-0.2, 0) is 14.3 Å². The molecule has 1 aliphatic carbocycles. The molecule has 3 aromatic carbocycles. The van der Waals surface area contributed by atoms with Crippen LogP contribution in [0.2, 0.25) is 10.0 Å². The number of halogens is 3. The van der Waals surface area contributed by atoms with E-state index in [4.69, 9.17) is 27.9 Å². The Balaban J connectivity index is 1.55. The SMILES string of the molecule is O=C1[C@@H]2[C@H](c3cccc(F)c3)OC3(C(=O)c4ccccc4C3=O)[C@H]2C(=O)N1c1ccc(Cl)c(Cl)c1. The summed E-state index contributed by atoms with van der Waals surface area (Å²) in [6, 6.07) is 15.7. The van der Waals surface area contributed by atoms with Gasteiger partial charge >= 0.3 is 0 Å². The van der Waals surface area contributed by atoms with E-state index < -0.39 is 52.7 Å². The van der Waals surface area contributed by atoms with Gasteiger partial charge < -0.3 is 4.74 Å². The highest BCUT2D eigenvalue weighted by molar-refractivity contribution is 6.42. The summed E-state index contributed by atoms with van der Waals surface area (Å²) in [7, 11) is 0. The molecule has 0 saturated carbocycles. The van der Waals surface area contributed by atoms with Crippen molar-refractivity contribution in [2.75, 3.05) is 4.90 Å². The zero-order valence-corrected chi connectivity index (χ0v) is 19.2. The van der Waals surface area contributed by atoms with E-state index in [1.54, 1.807) is 12.1 Å². The fourth-order valence-corrected chi connectivity index (χ4v) is 5.67. The van der Waals surface area contributed by atoms with Gasteiger partial charge in [-0.15, -0.1) is 0 Å². The number of anilines is 1. The molecule has 2 heterocycles. The second-order valence-corrected chi connectivity index (χ2v) is 9.46. The van der Waals surface area contributed by atoms with Crippen LogP contribution in [0, 0.1) is 17.7 Å². The topological polar surface area (TPSA) is 80.8 Å². The number of hydrogen-bond acceptors (Lipinski definition) is 5. The number of rotatable bonds is 2. The Hall–Kier alpha value is -3.39. The Bertz CT molecular complexity index is 1450. The molecule has 6 nitrogen and oxygen atoms in total. The third-order valence-corrected chi connectivity index (χ3v) is 7.60. The number of nitrogens with zero attached hydrogens (tertiary/aromatic N) is 1. The minimum Gasteiger partial charge on any atom is -0.349 e. The summed E-state index contributed by atoms with van der Waals surface area (Å²) in [5.74, 6) is -6.10. The lowest BCUT2D eigenvalue weighted by Gasteiger charge is -2.27. The van der Waals surface area contributed by atoms with Gasteiger partial charge in [0.25, 0.3) is 0 Å². The van der Waals surface area contributed by atoms with Gasteiger partial charge in [-0.1, -0.05) is 59.6 Å². The van der Waals surface area contributed by atoms with E-state index in [1.165, 1.54) is 48.5 Å². The van der Waals surface area contributed by atoms with Gasteiger partial charge in [0.1, 0.15) is 5.82 Å². The summed E-state index contributed by atoms with van der Waals surface area (Å²) in [6.45, 7) is 0. The van der Waals surface area contributed by atoms with Crippen LogP contribution in [0.25, 0.3) is 0 Å². The maximum absolute atomic E-state index is 14.1. The van der Waals surface area contributed by atoms with Crippen LogP contribution < -0.4 is 4.90 Å². The van der Waals surface area contributed by atoms with Gasteiger partial charge in [-0.25, -0.2) is 9.29 Å². The number of Topliss-reactive ketones (excluding diaryl/α,β-unsaturated/α-hetero) is 2. The van der Waals surface area contributed by atoms with Gasteiger partial charge in [0, 0.05) is 11.1 Å². The molecule has 2 aliphatic heterocycles. The lowest BCUT2D eigenvalue weighted by Crippen LogP contribution is -2.51. The molecule has 3 aliphatic rings. The van der Waals surface area contributed by atoms with E-state index >= 15 is 0 Å². The lowest BCUT2D eigenvalue weighted by atomic mass is 9.77. The van der Waals surface area contributed by atoms with Gasteiger partial charge in [0.15, 0.2) is 0 Å². The van der Waals surface area contributed by atoms with Gasteiger partial charge in [-0.05, 0) is 35.9 Å². The van der Waals surface area contributed by atoms with E-state index in [0.29, 0.717) is 0 Å². The average molecular weight is 510 g/mol. The Labute approximate surface area is 208 Å². The molecule has 3 atom stereocenters. The van der Waals surface area contributed by atoms with Gasteiger partial charge in [0.05, 0.1) is 33.7 Å². The van der Waals surface area contributed by atoms with Crippen molar-refractivity contribution in [3.63, 3.8) is 0 Å². The second-order valence-electron chi connectivity index (χ2n) is 8.65. The first-order chi connectivity index (χ1) is 16.8. The Morgan fingerprint density at radius 3 is 2.11 bits per heavy atom. The van der Waals surface area contributed by atoms with Crippen molar-refractivity contribution in [1.29, 1.82) is 0 Å². The zero-order valence-electron chi connectivity index (χ0n) is 17.7. The van der Waals surface area contributed by atoms with Crippen molar-refractivity contribution in [3.8, 4) is 0 Å². The van der Waals surface area contributed by atoms with Crippen LogP contribution in [0.1, 0.15) is 32.4 Å². The number of ketones is 2. The molecule has 3 aromatic rings. The van der Waals surface area contributed by atoms with Crippen molar-refractivity contribution in [3.05, 3.63) is 99.3 Å². The maximum atomic E-state index is 14.1. The highest BCUT2D eigenvalue weighted by Gasteiger charge is 2.74. The third kappa shape index (κ3) is 2.86. The third-order valence-electron chi connectivity index (χ3n) is 6.86. The molecule has 2 fully saturated rings.